The predicted molar refractivity (Wildman–Crippen MR) is 122 cm³/mol. The molecule has 1 aromatic heterocycles. The fourth-order valence-corrected chi connectivity index (χ4v) is 3.93. The minimum atomic E-state index is -0.308. The predicted octanol–water partition coefficient (Wildman–Crippen LogP) is 4.19. The van der Waals surface area contributed by atoms with Gasteiger partial charge in [0, 0.05) is 18.7 Å². The third-order valence-corrected chi connectivity index (χ3v) is 5.57. The van der Waals surface area contributed by atoms with Crippen LogP contribution in [0.4, 0.5) is 4.39 Å². The topological polar surface area (TPSA) is 80.5 Å². The summed E-state index contributed by atoms with van der Waals surface area (Å²) in [6.07, 6.45) is 1.92. The molecule has 8 heteroatoms. The van der Waals surface area contributed by atoms with Crippen LogP contribution in [0.3, 0.4) is 0 Å². The lowest BCUT2D eigenvalue weighted by molar-refractivity contribution is -0.127. The Hall–Kier alpha value is -3.26. The molecule has 1 unspecified atom stereocenters. The summed E-state index contributed by atoms with van der Waals surface area (Å²) in [6, 6.07) is 13.8. The van der Waals surface area contributed by atoms with Gasteiger partial charge in [-0.1, -0.05) is 17.3 Å². The number of piperidine rings is 1. The van der Waals surface area contributed by atoms with Crippen molar-refractivity contribution in [3.63, 3.8) is 0 Å². The summed E-state index contributed by atoms with van der Waals surface area (Å²) in [5.41, 5.74) is 1.73. The fraction of sp³-hybridized carbons (Fsp3) is 0.400. The molecule has 174 valence electrons. The van der Waals surface area contributed by atoms with Crippen LogP contribution >= 0.6 is 0 Å². The van der Waals surface area contributed by atoms with E-state index in [2.05, 4.69) is 20.4 Å². The van der Waals surface area contributed by atoms with Gasteiger partial charge in [-0.2, -0.15) is 4.98 Å². The van der Waals surface area contributed by atoms with Gasteiger partial charge < -0.3 is 14.6 Å². The minimum Gasteiger partial charge on any atom is -0.491 e. The van der Waals surface area contributed by atoms with Crippen LogP contribution in [0.2, 0.25) is 0 Å². The van der Waals surface area contributed by atoms with Gasteiger partial charge in [-0.25, -0.2) is 4.39 Å². The van der Waals surface area contributed by atoms with Gasteiger partial charge >= 0.3 is 0 Å². The van der Waals surface area contributed by atoms with Gasteiger partial charge in [-0.15, -0.1) is 0 Å². The van der Waals surface area contributed by atoms with Crippen LogP contribution < -0.4 is 10.1 Å². The van der Waals surface area contributed by atoms with E-state index in [0.29, 0.717) is 36.9 Å². The Kier molecular flexibility index (Phi) is 7.34. The normalized spacial score (nSPS) is 16.7. The number of amides is 1. The maximum absolute atomic E-state index is 13.1. The maximum Gasteiger partial charge on any atom is 0.241 e. The molecule has 1 atom stereocenters. The van der Waals surface area contributed by atoms with E-state index < -0.39 is 0 Å². The average Bonchev–Trinajstić information content (AvgIpc) is 3.27. The van der Waals surface area contributed by atoms with E-state index in [4.69, 9.17) is 9.26 Å². The molecule has 33 heavy (non-hydrogen) atoms. The third kappa shape index (κ3) is 6.38. The van der Waals surface area contributed by atoms with Crippen LogP contribution in [-0.2, 0) is 17.9 Å². The second-order valence-corrected chi connectivity index (χ2v) is 8.62. The summed E-state index contributed by atoms with van der Waals surface area (Å²) in [7, 11) is 0. The van der Waals surface area contributed by atoms with Crippen LogP contribution in [0.5, 0.6) is 5.75 Å². The van der Waals surface area contributed by atoms with Gasteiger partial charge in [-0.05, 0) is 75.2 Å². The van der Waals surface area contributed by atoms with Gasteiger partial charge in [-0.3, -0.25) is 9.69 Å². The summed E-state index contributed by atoms with van der Waals surface area (Å²) in [5, 5.41) is 7.05. The van der Waals surface area contributed by atoms with Crippen LogP contribution in [0.25, 0.3) is 11.4 Å². The number of ether oxygens (including phenoxy) is 1. The molecule has 1 saturated heterocycles. The van der Waals surface area contributed by atoms with Crippen LogP contribution in [-0.4, -0.2) is 40.1 Å². The highest BCUT2D eigenvalue weighted by atomic mass is 19.1. The van der Waals surface area contributed by atoms with E-state index in [0.717, 1.165) is 30.7 Å². The van der Waals surface area contributed by atoms with Crippen LogP contribution in [0, 0.1) is 11.7 Å². The molecule has 4 rings (SSSR count). The number of nitrogens with zero attached hydrogens (tertiary/aromatic N) is 3. The highest BCUT2D eigenvalue weighted by molar-refractivity contribution is 5.79. The standard InChI is InChI=1S/C25H29FN4O3/c1-17(2)32-22-11-5-18(6-12-22)14-27-25(31)20-4-3-13-30(15-20)16-23-28-24(29-33-23)19-7-9-21(26)10-8-19/h5-12,17,20H,3-4,13-16H2,1-2H3,(H,27,31). The summed E-state index contributed by atoms with van der Waals surface area (Å²) >= 11 is 0. The molecule has 1 aliphatic rings. The molecule has 1 amide bonds. The van der Waals surface area contributed by atoms with Gasteiger partial charge in [0.1, 0.15) is 11.6 Å². The zero-order valence-electron chi connectivity index (χ0n) is 19.0. The molecule has 2 aromatic carbocycles. The number of halogens is 1. The molecule has 7 nitrogen and oxygen atoms in total. The van der Waals surface area contributed by atoms with E-state index in [9.17, 15) is 9.18 Å². The summed E-state index contributed by atoms with van der Waals surface area (Å²) in [4.78, 5) is 19.3. The zero-order valence-corrected chi connectivity index (χ0v) is 19.0. The molecule has 2 heterocycles. The van der Waals surface area contributed by atoms with Gasteiger partial charge in [0.05, 0.1) is 18.6 Å². The number of hydrogen-bond donors (Lipinski definition) is 1. The van der Waals surface area contributed by atoms with Gasteiger partial charge in [0.2, 0.25) is 17.6 Å². The first-order valence-corrected chi connectivity index (χ1v) is 11.3. The molecule has 0 radical (unpaired) electrons. The number of carbonyl (C=O) groups excluding carboxylic acids is 1. The van der Waals surface area contributed by atoms with E-state index >= 15 is 0 Å². The summed E-state index contributed by atoms with van der Waals surface area (Å²) in [5.74, 6) is 1.41. The second-order valence-electron chi connectivity index (χ2n) is 8.62. The quantitative estimate of drug-likeness (QED) is 0.552. The number of hydrogen-bond acceptors (Lipinski definition) is 6. The Labute approximate surface area is 192 Å². The van der Waals surface area contributed by atoms with E-state index in [1.807, 2.05) is 38.1 Å². The minimum absolute atomic E-state index is 0.0553. The molecule has 1 N–H and O–H groups in total. The Morgan fingerprint density at radius 2 is 1.97 bits per heavy atom. The molecule has 3 aromatic rings. The van der Waals surface area contributed by atoms with E-state index in [1.165, 1.54) is 12.1 Å². The fourth-order valence-electron chi connectivity index (χ4n) is 3.93. The van der Waals surface area contributed by atoms with Gasteiger partial charge in [0.15, 0.2) is 0 Å². The number of aromatic nitrogens is 2. The molecule has 0 spiro atoms. The number of rotatable bonds is 8. The molecule has 1 fully saturated rings. The Morgan fingerprint density at radius 3 is 2.70 bits per heavy atom. The molecular formula is C25H29FN4O3. The largest absolute Gasteiger partial charge is 0.491 e. The molecule has 0 aliphatic carbocycles. The lowest BCUT2D eigenvalue weighted by Gasteiger charge is -2.30. The Morgan fingerprint density at radius 1 is 1.21 bits per heavy atom. The van der Waals surface area contributed by atoms with Crippen molar-refractivity contribution in [2.45, 2.75) is 45.9 Å². The third-order valence-electron chi connectivity index (χ3n) is 5.57. The highest BCUT2D eigenvalue weighted by Gasteiger charge is 2.26. The monoisotopic (exact) mass is 452 g/mol. The van der Waals surface area contributed by atoms with Crippen molar-refractivity contribution in [3.8, 4) is 17.1 Å². The SMILES string of the molecule is CC(C)Oc1ccc(CNC(=O)C2CCCN(Cc3nc(-c4ccc(F)cc4)no3)C2)cc1. The van der Waals surface area contributed by atoms with Crippen molar-refractivity contribution in [1.82, 2.24) is 20.4 Å². The zero-order chi connectivity index (χ0) is 23.2. The van der Waals surface area contributed by atoms with Crippen molar-refractivity contribution in [1.29, 1.82) is 0 Å². The van der Waals surface area contributed by atoms with Crippen molar-refractivity contribution in [2.75, 3.05) is 13.1 Å². The van der Waals surface area contributed by atoms with Crippen molar-refractivity contribution < 1.29 is 18.4 Å². The van der Waals surface area contributed by atoms with Gasteiger partial charge in [0.25, 0.3) is 0 Å². The number of benzene rings is 2. The molecule has 0 saturated carbocycles. The summed E-state index contributed by atoms with van der Waals surface area (Å²) in [6.45, 7) is 6.46. The first-order valence-electron chi connectivity index (χ1n) is 11.3. The first-order chi connectivity index (χ1) is 16.0. The smallest absolute Gasteiger partial charge is 0.241 e. The molecule has 1 aliphatic heterocycles. The van der Waals surface area contributed by atoms with E-state index in [1.54, 1.807) is 12.1 Å². The van der Waals surface area contributed by atoms with Crippen LogP contribution in [0.15, 0.2) is 53.1 Å². The van der Waals surface area contributed by atoms with Crippen molar-refractivity contribution in [3.05, 3.63) is 65.8 Å². The average molecular weight is 453 g/mol. The van der Waals surface area contributed by atoms with E-state index in [-0.39, 0.29) is 23.7 Å². The number of carbonyl (C=O) groups is 1. The molecule has 0 bridgehead atoms. The first kappa shape index (κ1) is 22.9. The number of likely N-dealkylation sites (tertiary alicyclic amines) is 1. The van der Waals surface area contributed by atoms with Crippen molar-refractivity contribution in [2.24, 2.45) is 5.92 Å². The van der Waals surface area contributed by atoms with Crippen LogP contribution in [0.1, 0.15) is 38.1 Å². The summed E-state index contributed by atoms with van der Waals surface area (Å²) < 4.78 is 24.2. The second kappa shape index (κ2) is 10.6. The lowest BCUT2D eigenvalue weighted by Crippen LogP contribution is -2.42. The Bertz CT molecular complexity index is 1050. The highest BCUT2D eigenvalue weighted by Crippen LogP contribution is 2.21. The lowest BCUT2D eigenvalue weighted by atomic mass is 9.97. The molecular weight excluding hydrogens is 423 g/mol. The Balaban J connectivity index is 1.27. The number of nitrogens with one attached hydrogen (secondary N) is 1. The van der Waals surface area contributed by atoms with Crippen molar-refractivity contribution >= 4 is 5.91 Å². The maximum atomic E-state index is 13.1.